The van der Waals surface area contributed by atoms with Crippen LogP contribution in [0.5, 0.6) is 5.75 Å². The molecule has 1 aromatic heterocycles. The van der Waals surface area contributed by atoms with Crippen LogP contribution < -0.4 is 4.74 Å². The van der Waals surface area contributed by atoms with E-state index in [1.807, 2.05) is 6.07 Å². The van der Waals surface area contributed by atoms with E-state index in [0.29, 0.717) is 17.1 Å². The van der Waals surface area contributed by atoms with E-state index in [-0.39, 0.29) is 12.5 Å². The molecule has 0 atom stereocenters. The second-order valence-electron chi connectivity index (χ2n) is 3.39. The van der Waals surface area contributed by atoms with Crippen molar-refractivity contribution in [3.8, 4) is 11.8 Å². The quantitative estimate of drug-likeness (QED) is 0.609. The number of para-hydroxylation sites is 1. The van der Waals surface area contributed by atoms with Crippen molar-refractivity contribution >= 4 is 5.88 Å². The van der Waals surface area contributed by atoms with Gasteiger partial charge in [-0.15, -0.1) is 0 Å². The van der Waals surface area contributed by atoms with E-state index >= 15 is 0 Å². The van der Waals surface area contributed by atoms with Crippen LogP contribution in [0.2, 0.25) is 0 Å². The molecule has 6 heteroatoms. The molecule has 0 aliphatic heterocycles. The standard InChI is InChI=1S/C12H8N2O4/c13-7-9-3-1-2-4-11(9)17-8-10-5-6-12(18-10)14(15)16/h1-6H,8H2. The van der Waals surface area contributed by atoms with Gasteiger partial charge in [-0.25, -0.2) is 0 Å². The van der Waals surface area contributed by atoms with Crippen molar-refractivity contribution in [2.24, 2.45) is 0 Å². The van der Waals surface area contributed by atoms with Crippen molar-refractivity contribution in [1.29, 1.82) is 5.26 Å². The minimum atomic E-state index is -0.618. The van der Waals surface area contributed by atoms with Gasteiger partial charge in [0.2, 0.25) is 0 Å². The highest BCUT2D eigenvalue weighted by atomic mass is 16.6. The molecule has 90 valence electrons. The van der Waals surface area contributed by atoms with E-state index in [4.69, 9.17) is 14.4 Å². The maximum absolute atomic E-state index is 10.4. The topological polar surface area (TPSA) is 89.3 Å². The number of hydrogen-bond acceptors (Lipinski definition) is 5. The second-order valence-corrected chi connectivity index (χ2v) is 3.39. The third-order valence-corrected chi connectivity index (χ3v) is 2.20. The molecule has 0 aliphatic rings. The van der Waals surface area contributed by atoms with Crippen LogP contribution in [-0.4, -0.2) is 4.92 Å². The molecule has 0 N–H and O–H groups in total. The molecule has 0 amide bonds. The molecule has 0 saturated heterocycles. The van der Waals surface area contributed by atoms with Crippen LogP contribution >= 0.6 is 0 Å². The zero-order valence-electron chi connectivity index (χ0n) is 9.20. The van der Waals surface area contributed by atoms with E-state index in [1.165, 1.54) is 12.1 Å². The average Bonchev–Trinajstić information content (AvgIpc) is 2.85. The first-order chi connectivity index (χ1) is 8.70. The maximum Gasteiger partial charge on any atom is 0.433 e. The molecule has 1 heterocycles. The predicted molar refractivity (Wildman–Crippen MR) is 60.9 cm³/mol. The van der Waals surface area contributed by atoms with E-state index in [1.54, 1.807) is 24.3 Å². The third-order valence-electron chi connectivity index (χ3n) is 2.20. The molecule has 6 nitrogen and oxygen atoms in total. The summed E-state index contributed by atoms with van der Waals surface area (Å²) in [5.74, 6) is 0.413. The second kappa shape index (κ2) is 5.01. The Labute approximate surface area is 102 Å². The average molecular weight is 244 g/mol. The van der Waals surface area contributed by atoms with Gasteiger partial charge in [0.25, 0.3) is 0 Å². The van der Waals surface area contributed by atoms with Crippen molar-refractivity contribution < 1.29 is 14.1 Å². The predicted octanol–water partition coefficient (Wildman–Crippen LogP) is 2.64. The molecule has 0 spiro atoms. The molecule has 0 unspecified atom stereocenters. The summed E-state index contributed by atoms with van der Waals surface area (Å²) in [5.41, 5.74) is 0.401. The molecule has 0 saturated carbocycles. The summed E-state index contributed by atoms with van der Waals surface area (Å²) in [4.78, 5) is 9.80. The number of hydrogen-bond donors (Lipinski definition) is 0. The van der Waals surface area contributed by atoms with Gasteiger partial charge in [0.15, 0.2) is 0 Å². The SMILES string of the molecule is N#Cc1ccccc1OCc1ccc([N+](=O)[O-])o1. The third kappa shape index (κ3) is 2.47. The molecule has 1 aromatic carbocycles. The van der Waals surface area contributed by atoms with Crippen molar-refractivity contribution in [3.63, 3.8) is 0 Å². The maximum atomic E-state index is 10.4. The Morgan fingerprint density at radius 3 is 2.78 bits per heavy atom. The zero-order chi connectivity index (χ0) is 13.0. The van der Waals surface area contributed by atoms with E-state index in [9.17, 15) is 10.1 Å². The summed E-state index contributed by atoms with van der Waals surface area (Å²) in [6.45, 7) is 0.0343. The van der Waals surface area contributed by atoms with Crippen molar-refractivity contribution in [3.05, 3.63) is 57.8 Å². The lowest BCUT2D eigenvalue weighted by Gasteiger charge is -2.04. The van der Waals surface area contributed by atoms with Crippen LogP contribution in [0.15, 0.2) is 40.8 Å². The van der Waals surface area contributed by atoms with Crippen molar-refractivity contribution in [2.75, 3.05) is 0 Å². The summed E-state index contributed by atoms with van der Waals surface area (Å²) in [5, 5.41) is 19.3. The van der Waals surface area contributed by atoms with Gasteiger partial charge in [0.05, 0.1) is 11.6 Å². The monoisotopic (exact) mass is 244 g/mol. The Morgan fingerprint density at radius 1 is 1.33 bits per heavy atom. The summed E-state index contributed by atoms with van der Waals surface area (Å²) in [7, 11) is 0. The first-order valence-electron chi connectivity index (χ1n) is 5.05. The van der Waals surface area contributed by atoms with Crippen LogP contribution in [0, 0.1) is 21.4 Å². The van der Waals surface area contributed by atoms with Crippen molar-refractivity contribution in [2.45, 2.75) is 6.61 Å². The van der Waals surface area contributed by atoms with Crippen LogP contribution in [0.4, 0.5) is 5.88 Å². The summed E-state index contributed by atoms with van der Waals surface area (Å²) in [6, 6.07) is 11.5. The molecule has 0 fully saturated rings. The van der Waals surface area contributed by atoms with Crippen LogP contribution in [0.1, 0.15) is 11.3 Å². The van der Waals surface area contributed by atoms with E-state index < -0.39 is 4.92 Å². The fourth-order valence-electron chi connectivity index (χ4n) is 1.38. The smallest absolute Gasteiger partial charge is 0.433 e. The minimum absolute atomic E-state index is 0.0343. The highest BCUT2D eigenvalue weighted by Crippen LogP contribution is 2.20. The normalized spacial score (nSPS) is 9.72. The summed E-state index contributed by atoms with van der Waals surface area (Å²) >= 11 is 0. The number of furan rings is 1. The lowest BCUT2D eigenvalue weighted by atomic mass is 10.2. The fraction of sp³-hybridized carbons (Fsp3) is 0.0833. The molecular weight excluding hydrogens is 236 g/mol. The number of ether oxygens (including phenoxy) is 1. The minimum Gasteiger partial charge on any atom is -0.484 e. The Kier molecular flexibility index (Phi) is 3.25. The Hall–Kier alpha value is -2.81. The van der Waals surface area contributed by atoms with Crippen LogP contribution in [-0.2, 0) is 6.61 Å². The van der Waals surface area contributed by atoms with Crippen LogP contribution in [0.25, 0.3) is 0 Å². The van der Waals surface area contributed by atoms with Crippen LogP contribution in [0.3, 0.4) is 0 Å². The molecule has 2 aromatic rings. The molecule has 18 heavy (non-hydrogen) atoms. The van der Waals surface area contributed by atoms with Gasteiger partial charge in [-0.1, -0.05) is 12.1 Å². The largest absolute Gasteiger partial charge is 0.484 e. The molecule has 0 radical (unpaired) electrons. The molecule has 0 aliphatic carbocycles. The summed E-state index contributed by atoms with van der Waals surface area (Å²) < 4.78 is 10.3. The van der Waals surface area contributed by atoms with E-state index in [0.717, 1.165) is 0 Å². The fourth-order valence-corrected chi connectivity index (χ4v) is 1.38. The number of nitriles is 1. The number of benzene rings is 1. The highest BCUT2D eigenvalue weighted by Gasteiger charge is 2.12. The van der Waals surface area contributed by atoms with Gasteiger partial charge >= 0.3 is 5.88 Å². The molecule has 2 rings (SSSR count). The number of rotatable bonds is 4. The van der Waals surface area contributed by atoms with Gasteiger partial charge in [-0.2, -0.15) is 5.26 Å². The highest BCUT2D eigenvalue weighted by molar-refractivity contribution is 5.42. The van der Waals surface area contributed by atoms with Crippen molar-refractivity contribution in [1.82, 2.24) is 0 Å². The molecular formula is C12H8N2O4. The van der Waals surface area contributed by atoms with Gasteiger partial charge in [0.1, 0.15) is 29.1 Å². The lowest BCUT2D eigenvalue weighted by molar-refractivity contribution is -0.402. The zero-order valence-corrected chi connectivity index (χ0v) is 9.20. The van der Waals surface area contributed by atoms with Gasteiger partial charge < -0.3 is 9.15 Å². The Bertz CT molecular complexity index is 613. The van der Waals surface area contributed by atoms with Gasteiger partial charge in [0, 0.05) is 0 Å². The first kappa shape index (κ1) is 11.7. The van der Waals surface area contributed by atoms with E-state index in [2.05, 4.69) is 0 Å². The number of nitro groups is 1. The first-order valence-corrected chi connectivity index (χ1v) is 5.05. The Morgan fingerprint density at radius 2 is 2.11 bits per heavy atom. The van der Waals surface area contributed by atoms with Gasteiger partial charge in [-0.05, 0) is 18.2 Å². The molecule has 0 bridgehead atoms. The lowest BCUT2D eigenvalue weighted by Crippen LogP contribution is -1.95. The summed E-state index contributed by atoms with van der Waals surface area (Å²) in [6.07, 6.45) is 0. The Balaban J connectivity index is 2.07. The van der Waals surface area contributed by atoms with Gasteiger partial charge in [-0.3, -0.25) is 10.1 Å². The number of nitrogens with zero attached hydrogens (tertiary/aromatic N) is 2.